The Morgan fingerprint density at radius 1 is 1.41 bits per heavy atom. The Hall–Kier alpha value is -2.30. The number of benzene rings is 1. The maximum absolute atomic E-state index is 11.2. The van der Waals surface area contributed by atoms with Gasteiger partial charge in [0.05, 0.1) is 17.7 Å². The van der Waals surface area contributed by atoms with E-state index in [1.54, 1.807) is 19.3 Å². The van der Waals surface area contributed by atoms with Crippen molar-refractivity contribution >= 4 is 28.2 Å². The smallest absolute Gasteiger partial charge is 0.239 e. The van der Waals surface area contributed by atoms with Crippen LogP contribution in [0, 0.1) is 0 Å². The molecule has 0 spiro atoms. The van der Waals surface area contributed by atoms with E-state index in [1.807, 2.05) is 18.2 Å². The largest absolute Gasteiger partial charge is 0.398 e. The van der Waals surface area contributed by atoms with Crippen LogP contribution in [0.1, 0.15) is 0 Å². The molecule has 88 valence electrons. The summed E-state index contributed by atoms with van der Waals surface area (Å²) in [4.78, 5) is 15.4. The summed E-state index contributed by atoms with van der Waals surface area (Å²) in [5, 5.41) is 6.47. The maximum Gasteiger partial charge on any atom is 0.239 e. The van der Waals surface area contributed by atoms with Crippen LogP contribution >= 0.6 is 0 Å². The molecule has 1 heterocycles. The van der Waals surface area contributed by atoms with Crippen molar-refractivity contribution in [3.63, 3.8) is 0 Å². The number of carbonyl (C=O) groups is 1. The molecule has 5 nitrogen and oxygen atoms in total. The van der Waals surface area contributed by atoms with Gasteiger partial charge in [0.25, 0.3) is 0 Å². The monoisotopic (exact) mass is 230 g/mol. The maximum atomic E-state index is 11.2. The van der Waals surface area contributed by atoms with Crippen LogP contribution in [0.25, 0.3) is 10.9 Å². The minimum atomic E-state index is -0.0779. The van der Waals surface area contributed by atoms with E-state index >= 15 is 0 Å². The molecule has 0 saturated heterocycles. The van der Waals surface area contributed by atoms with Crippen LogP contribution in [-0.4, -0.2) is 24.5 Å². The summed E-state index contributed by atoms with van der Waals surface area (Å²) >= 11 is 0. The summed E-state index contributed by atoms with van der Waals surface area (Å²) in [6.07, 6.45) is 1.70. The van der Waals surface area contributed by atoms with Gasteiger partial charge < -0.3 is 16.4 Å². The van der Waals surface area contributed by atoms with Gasteiger partial charge in [-0.3, -0.25) is 9.78 Å². The molecule has 0 fully saturated rings. The van der Waals surface area contributed by atoms with Crippen LogP contribution in [0.5, 0.6) is 0 Å². The molecule has 4 N–H and O–H groups in total. The first kappa shape index (κ1) is 11.2. The van der Waals surface area contributed by atoms with E-state index in [2.05, 4.69) is 15.6 Å². The van der Waals surface area contributed by atoms with Gasteiger partial charge in [-0.1, -0.05) is 0 Å². The predicted octanol–water partition coefficient (Wildman–Crippen LogP) is 0.975. The number of nitrogens with one attached hydrogen (secondary N) is 2. The van der Waals surface area contributed by atoms with Crippen LogP contribution in [0.2, 0.25) is 0 Å². The van der Waals surface area contributed by atoms with Gasteiger partial charge in [0, 0.05) is 24.3 Å². The molecule has 0 aliphatic heterocycles. The Morgan fingerprint density at radius 3 is 3.00 bits per heavy atom. The highest BCUT2D eigenvalue weighted by atomic mass is 16.1. The highest BCUT2D eigenvalue weighted by molar-refractivity contribution is 5.99. The van der Waals surface area contributed by atoms with E-state index in [-0.39, 0.29) is 12.5 Å². The van der Waals surface area contributed by atoms with Gasteiger partial charge in [-0.15, -0.1) is 0 Å². The minimum Gasteiger partial charge on any atom is -0.398 e. The van der Waals surface area contributed by atoms with Gasteiger partial charge in [0.2, 0.25) is 5.91 Å². The van der Waals surface area contributed by atoms with E-state index in [9.17, 15) is 4.79 Å². The van der Waals surface area contributed by atoms with E-state index in [4.69, 9.17) is 5.73 Å². The number of hydrogen-bond donors (Lipinski definition) is 3. The lowest BCUT2D eigenvalue weighted by atomic mass is 10.1. The molecular weight excluding hydrogens is 216 g/mol. The lowest BCUT2D eigenvalue weighted by Crippen LogP contribution is -2.26. The van der Waals surface area contributed by atoms with E-state index < -0.39 is 0 Å². The first-order valence-electron chi connectivity index (χ1n) is 5.30. The average molecular weight is 230 g/mol. The molecule has 0 unspecified atom stereocenters. The van der Waals surface area contributed by atoms with Crippen LogP contribution in [0.4, 0.5) is 11.4 Å². The Kier molecular flexibility index (Phi) is 3.09. The first-order chi connectivity index (χ1) is 8.22. The molecule has 17 heavy (non-hydrogen) atoms. The molecule has 1 aromatic heterocycles. The molecule has 0 saturated carbocycles. The summed E-state index contributed by atoms with van der Waals surface area (Å²) in [5.41, 5.74) is 8.12. The molecule has 2 rings (SSSR count). The standard InChI is InChI=1S/C12H14N4O/c1-14-11(17)7-16-10-5-4-9(13)8-3-2-6-15-12(8)10/h2-6,16H,7,13H2,1H3,(H,14,17). The summed E-state index contributed by atoms with van der Waals surface area (Å²) in [7, 11) is 1.60. The number of nitrogens with zero attached hydrogens (tertiary/aromatic N) is 1. The zero-order chi connectivity index (χ0) is 12.3. The van der Waals surface area contributed by atoms with Crippen molar-refractivity contribution in [1.29, 1.82) is 0 Å². The molecule has 0 aliphatic carbocycles. The summed E-state index contributed by atoms with van der Waals surface area (Å²) < 4.78 is 0. The third-order valence-corrected chi connectivity index (χ3v) is 2.52. The van der Waals surface area contributed by atoms with Gasteiger partial charge in [-0.05, 0) is 24.3 Å². The van der Waals surface area contributed by atoms with Crippen molar-refractivity contribution in [2.24, 2.45) is 0 Å². The third-order valence-electron chi connectivity index (χ3n) is 2.52. The van der Waals surface area contributed by atoms with Gasteiger partial charge in [-0.25, -0.2) is 0 Å². The van der Waals surface area contributed by atoms with Gasteiger partial charge >= 0.3 is 0 Å². The third kappa shape index (κ3) is 2.28. The second-order valence-corrected chi connectivity index (χ2v) is 3.63. The molecular formula is C12H14N4O. The lowest BCUT2D eigenvalue weighted by molar-refractivity contribution is -0.118. The lowest BCUT2D eigenvalue weighted by Gasteiger charge is -2.09. The quantitative estimate of drug-likeness (QED) is 0.686. The zero-order valence-electron chi connectivity index (χ0n) is 9.53. The number of nitrogen functional groups attached to an aromatic ring is 1. The Balaban J connectivity index is 2.35. The topological polar surface area (TPSA) is 80.0 Å². The second kappa shape index (κ2) is 4.69. The van der Waals surface area contributed by atoms with E-state index in [1.165, 1.54) is 0 Å². The molecule has 0 bridgehead atoms. The van der Waals surface area contributed by atoms with Crippen LogP contribution < -0.4 is 16.4 Å². The number of amides is 1. The van der Waals surface area contributed by atoms with Gasteiger partial charge in [0.15, 0.2) is 0 Å². The second-order valence-electron chi connectivity index (χ2n) is 3.63. The van der Waals surface area contributed by atoms with Crippen LogP contribution in [0.3, 0.4) is 0 Å². The number of fused-ring (bicyclic) bond motifs is 1. The number of anilines is 2. The van der Waals surface area contributed by atoms with Crippen molar-refractivity contribution in [1.82, 2.24) is 10.3 Å². The zero-order valence-corrected chi connectivity index (χ0v) is 9.53. The number of carbonyl (C=O) groups excluding carboxylic acids is 1. The SMILES string of the molecule is CNC(=O)CNc1ccc(N)c2cccnc12. The number of pyridine rings is 1. The minimum absolute atomic E-state index is 0.0779. The normalized spacial score (nSPS) is 10.2. The van der Waals surface area contributed by atoms with Crippen LogP contribution in [0.15, 0.2) is 30.5 Å². The summed E-state index contributed by atoms with van der Waals surface area (Å²) in [5.74, 6) is -0.0779. The van der Waals surface area contributed by atoms with Gasteiger partial charge in [-0.2, -0.15) is 0 Å². The fraction of sp³-hybridized carbons (Fsp3) is 0.167. The van der Waals surface area contributed by atoms with Crippen molar-refractivity contribution in [3.05, 3.63) is 30.5 Å². The van der Waals surface area contributed by atoms with Crippen molar-refractivity contribution in [2.75, 3.05) is 24.6 Å². The fourth-order valence-electron chi connectivity index (χ4n) is 1.60. The number of aromatic nitrogens is 1. The number of likely N-dealkylation sites (N-methyl/N-ethyl adjacent to an activating group) is 1. The fourth-order valence-corrected chi connectivity index (χ4v) is 1.60. The number of nitrogens with two attached hydrogens (primary N) is 1. The summed E-state index contributed by atoms with van der Waals surface area (Å²) in [6, 6.07) is 7.37. The first-order valence-corrected chi connectivity index (χ1v) is 5.30. The number of rotatable bonds is 3. The Labute approximate surface area is 99.0 Å². The molecule has 0 aliphatic rings. The average Bonchev–Trinajstić information content (AvgIpc) is 2.38. The molecule has 0 atom stereocenters. The highest BCUT2D eigenvalue weighted by Crippen LogP contribution is 2.25. The van der Waals surface area contributed by atoms with Crippen molar-refractivity contribution in [3.8, 4) is 0 Å². The van der Waals surface area contributed by atoms with Crippen molar-refractivity contribution in [2.45, 2.75) is 0 Å². The Morgan fingerprint density at radius 2 is 2.24 bits per heavy atom. The summed E-state index contributed by atoms with van der Waals surface area (Å²) in [6.45, 7) is 0.214. The molecule has 0 radical (unpaired) electrons. The van der Waals surface area contributed by atoms with Gasteiger partial charge in [0.1, 0.15) is 0 Å². The van der Waals surface area contributed by atoms with Crippen molar-refractivity contribution < 1.29 is 4.79 Å². The predicted molar refractivity (Wildman–Crippen MR) is 68.7 cm³/mol. The molecule has 5 heteroatoms. The van der Waals surface area contributed by atoms with E-state index in [0.717, 1.165) is 16.6 Å². The molecule has 1 amide bonds. The van der Waals surface area contributed by atoms with Crippen LogP contribution in [-0.2, 0) is 4.79 Å². The molecule has 2 aromatic rings. The Bertz CT molecular complexity index is 553. The number of hydrogen-bond acceptors (Lipinski definition) is 4. The highest BCUT2D eigenvalue weighted by Gasteiger charge is 2.05. The molecule has 1 aromatic carbocycles. The van der Waals surface area contributed by atoms with E-state index in [0.29, 0.717) is 5.69 Å².